The molecule has 0 saturated carbocycles. The maximum absolute atomic E-state index is 14.3. The summed E-state index contributed by atoms with van der Waals surface area (Å²) in [7, 11) is 3.71. The van der Waals surface area contributed by atoms with Gasteiger partial charge in [0, 0.05) is 38.9 Å². The number of hydrogen-bond donors (Lipinski definition) is 1. The van der Waals surface area contributed by atoms with Gasteiger partial charge in [0.1, 0.15) is 17.3 Å². The van der Waals surface area contributed by atoms with E-state index in [1.165, 1.54) is 6.07 Å². The second-order valence-electron chi connectivity index (χ2n) is 6.08. The molecule has 1 aliphatic heterocycles. The lowest BCUT2D eigenvalue weighted by Crippen LogP contribution is -2.22. The predicted octanol–water partition coefficient (Wildman–Crippen LogP) is 3.14. The molecule has 126 valence electrons. The molecule has 3 rings (SSSR count). The molecule has 2 aromatic rings. The number of anilines is 3. The number of aromatic nitrogens is 1. The molecular weight excluding hydrogens is 307 g/mol. The first-order valence-corrected chi connectivity index (χ1v) is 8.04. The van der Waals surface area contributed by atoms with Gasteiger partial charge in [0.05, 0.1) is 5.69 Å². The van der Waals surface area contributed by atoms with Gasteiger partial charge in [-0.3, -0.25) is 4.79 Å². The minimum Gasteiger partial charge on any atom is -0.370 e. The van der Waals surface area contributed by atoms with Crippen LogP contribution in [0.5, 0.6) is 0 Å². The zero-order valence-electron chi connectivity index (χ0n) is 13.9. The summed E-state index contributed by atoms with van der Waals surface area (Å²) in [5.74, 6) is -0.0864. The van der Waals surface area contributed by atoms with Crippen molar-refractivity contribution in [3.05, 3.63) is 47.9 Å². The smallest absolute Gasteiger partial charge is 0.255 e. The van der Waals surface area contributed by atoms with Crippen LogP contribution in [0, 0.1) is 5.82 Å². The van der Waals surface area contributed by atoms with Crippen LogP contribution >= 0.6 is 0 Å². The maximum atomic E-state index is 14.3. The van der Waals surface area contributed by atoms with E-state index in [0.717, 1.165) is 31.6 Å². The highest BCUT2D eigenvalue weighted by molar-refractivity contribution is 6.06. The van der Waals surface area contributed by atoms with Crippen molar-refractivity contribution in [2.24, 2.45) is 0 Å². The normalized spacial score (nSPS) is 13.9. The summed E-state index contributed by atoms with van der Waals surface area (Å²) in [6.45, 7) is 1.76. The molecule has 1 N–H and O–H groups in total. The SMILES string of the molecule is CN(C)c1cc(C(=O)Nc2c(F)cccc2N2CCCC2)ccn1. The molecule has 1 aliphatic rings. The quantitative estimate of drug-likeness (QED) is 0.937. The maximum Gasteiger partial charge on any atom is 0.255 e. The minimum absolute atomic E-state index is 0.243. The van der Waals surface area contributed by atoms with Crippen molar-refractivity contribution in [1.82, 2.24) is 4.98 Å². The van der Waals surface area contributed by atoms with Crippen LogP contribution in [0.2, 0.25) is 0 Å². The van der Waals surface area contributed by atoms with Crippen LogP contribution < -0.4 is 15.1 Å². The van der Waals surface area contributed by atoms with Crippen molar-refractivity contribution < 1.29 is 9.18 Å². The summed E-state index contributed by atoms with van der Waals surface area (Å²) in [5.41, 5.74) is 1.43. The summed E-state index contributed by atoms with van der Waals surface area (Å²) < 4.78 is 14.3. The topological polar surface area (TPSA) is 48.5 Å². The van der Waals surface area contributed by atoms with Crippen molar-refractivity contribution >= 4 is 23.1 Å². The second-order valence-corrected chi connectivity index (χ2v) is 6.08. The molecule has 1 fully saturated rings. The van der Waals surface area contributed by atoms with Gasteiger partial charge in [-0.1, -0.05) is 6.07 Å². The molecule has 0 aliphatic carbocycles. The van der Waals surface area contributed by atoms with E-state index in [9.17, 15) is 9.18 Å². The zero-order valence-corrected chi connectivity index (χ0v) is 13.9. The Morgan fingerprint density at radius 1 is 1.25 bits per heavy atom. The van der Waals surface area contributed by atoms with Gasteiger partial charge >= 0.3 is 0 Å². The van der Waals surface area contributed by atoms with Gasteiger partial charge in [0.15, 0.2) is 0 Å². The number of benzene rings is 1. The van der Waals surface area contributed by atoms with Crippen molar-refractivity contribution in [2.45, 2.75) is 12.8 Å². The number of amides is 1. The molecule has 1 amide bonds. The lowest BCUT2D eigenvalue weighted by molar-refractivity contribution is 0.102. The van der Waals surface area contributed by atoms with E-state index in [4.69, 9.17) is 0 Å². The van der Waals surface area contributed by atoms with Gasteiger partial charge in [-0.25, -0.2) is 9.37 Å². The summed E-state index contributed by atoms with van der Waals surface area (Å²) in [6, 6.07) is 8.20. The van der Waals surface area contributed by atoms with Gasteiger partial charge in [-0.15, -0.1) is 0 Å². The fourth-order valence-corrected chi connectivity index (χ4v) is 2.85. The number of hydrogen-bond acceptors (Lipinski definition) is 4. The van der Waals surface area contributed by atoms with Crippen molar-refractivity contribution in [3.8, 4) is 0 Å². The third kappa shape index (κ3) is 3.32. The summed E-state index contributed by atoms with van der Waals surface area (Å²) in [6.07, 6.45) is 3.74. The van der Waals surface area contributed by atoms with Gasteiger partial charge in [0.2, 0.25) is 0 Å². The van der Waals surface area contributed by atoms with E-state index < -0.39 is 5.82 Å². The highest BCUT2D eigenvalue weighted by atomic mass is 19.1. The lowest BCUT2D eigenvalue weighted by atomic mass is 10.2. The van der Waals surface area contributed by atoms with E-state index in [-0.39, 0.29) is 11.6 Å². The first kappa shape index (κ1) is 16.2. The van der Waals surface area contributed by atoms with Crippen molar-refractivity contribution in [1.29, 1.82) is 0 Å². The Balaban J connectivity index is 1.88. The number of carbonyl (C=O) groups excluding carboxylic acids is 1. The van der Waals surface area contributed by atoms with Crippen molar-refractivity contribution in [3.63, 3.8) is 0 Å². The van der Waals surface area contributed by atoms with Crippen LogP contribution in [0.25, 0.3) is 0 Å². The molecule has 24 heavy (non-hydrogen) atoms. The lowest BCUT2D eigenvalue weighted by Gasteiger charge is -2.22. The van der Waals surface area contributed by atoms with E-state index >= 15 is 0 Å². The Labute approximate surface area is 141 Å². The standard InChI is InChI=1S/C18H21FN4O/c1-22(2)16-12-13(8-9-20-16)18(24)21-17-14(19)6-5-7-15(17)23-10-3-4-11-23/h5-9,12H,3-4,10-11H2,1-2H3,(H,21,24). The van der Waals surface area contributed by atoms with Crippen LogP contribution in [0.1, 0.15) is 23.2 Å². The molecule has 0 spiro atoms. The molecule has 0 bridgehead atoms. The average Bonchev–Trinajstić information content (AvgIpc) is 3.11. The first-order chi connectivity index (χ1) is 11.6. The average molecular weight is 328 g/mol. The van der Waals surface area contributed by atoms with E-state index in [1.54, 1.807) is 24.4 Å². The Bertz CT molecular complexity index is 742. The predicted molar refractivity (Wildman–Crippen MR) is 94.4 cm³/mol. The fourth-order valence-electron chi connectivity index (χ4n) is 2.85. The molecule has 0 unspecified atom stereocenters. The molecular formula is C18H21FN4O. The van der Waals surface area contributed by atoms with Gasteiger partial charge in [0.25, 0.3) is 5.91 Å². The van der Waals surface area contributed by atoms with E-state index in [2.05, 4.69) is 15.2 Å². The molecule has 5 nitrogen and oxygen atoms in total. The Morgan fingerprint density at radius 2 is 2.00 bits per heavy atom. The number of nitrogens with one attached hydrogen (secondary N) is 1. The number of halogens is 1. The molecule has 0 radical (unpaired) electrons. The first-order valence-electron chi connectivity index (χ1n) is 8.04. The van der Waals surface area contributed by atoms with Crippen molar-refractivity contribution in [2.75, 3.05) is 42.3 Å². The molecule has 1 saturated heterocycles. The molecule has 1 aromatic heterocycles. The van der Waals surface area contributed by atoms with Crippen LogP contribution in [0.4, 0.5) is 21.6 Å². The zero-order chi connectivity index (χ0) is 17.1. The second kappa shape index (κ2) is 6.86. The highest BCUT2D eigenvalue weighted by Crippen LogP contribution is 2.31. The molecule has 6 heteroatoms. The number of pyridine rings is 1. The third-order valence-corrected chi connectivity index (χ3v) is 4.14. The third-order valence-electron chi connectivity index (χ3n) is 4.14. The van der Waals surface area contributed by atoms with E-state index in [0.29, 0.717) is 11.4 Å². The minimum atomic E-state index is -0.422. The Kier molecular flexibility index (Phi) is 4.64. The number of carbonyl (C=O) groups is 1. The summed E-state index contributed by atoms with van der Waals surface area (Å²) in [4.78, 5) is 20.7. The monoisotopic (exact) mass is 328 g/mol. The van der Waals surface area contributed by atoms with E-state index in [1.807, 2.05) is 25.1 Å². The van der Waals surface area contributed by atoms with Crippen LogP contribution in [-0.2, 0) is 0 Å². The fraction of sp³-hybridized carbons (Fsp3) is 0.333. The van der Waals surface area contributed by atoms with Gasteiger partial charge < -0.3 is 15.1 Å². The summed E-state index contributed by atoms with van der Waals surface area (Å²) in [5, 5.41) is 2.74. The molecule has 2 heterocycles. The molecule has 0 atom stereocenters. The van der Waals surface area contributed by atoms with Crippen LogP contribution in [0.3, 0.4) is 0 Å². The van der Waals surface area contributed by atoms with Gasteiger partial charge in [-0.05, 0) is 37.1 Å². The van der Waals surface area contributed by atoms with Crippen LogP contribution in [0.15, 0.2) is 36.5 Å². The van der Waals surface area contributed by atoms with Gasteiger partial charge in [-0.2, -0.15) is 0 Å². The number of nitrogens with zero attached hydrogens (tertiary/aromatic N) is 3. The highest BCUT2D eigenvalue weighted by Gasteiger charge is 2.20. The molecule has 1 aromatic carbocycles. The summed E-state index contributed by atoms with van der Waals surface area (Å²) >= 11 is 0. The Morgan fingerprint density at radius 3 is 2.71 bits per heavy atom. The van der Waals surface area contributed by atoms with Crippen LogP contribution in [-0.4, -0.2) is 38.1 Å². The largest absolute Gasteiger partial charge is 0.370 e. The number of rotatable bonds is 4. The Hall–Kier alpha value is -2.63. The number of para-hydroxylation sites is 1.